The predicted molar refractivity (Wildman–Crippen MR) is 95.1 cm³/mol. The van der Waals surface area contributed by atoms with Crippen LogP contribution in [0.5, 0.6) is 0 Å². The third kappa shape index (κ3) is 6.59. The Morgan fingerprint density at radius 1 is 1.26 bits per heavy atom. The minimum absolute atomic E-state index is 0.0394. The number of carbonyl (C=O) groups excluding carboxylic acids is 1. The molecule has 1 atom stereocenters. The number of carbonyl (C=O) groups is 2. The summed E-state index contributed by atoms with van der Waals surface area (Å²) < 4.78 is 6.43. The molecule has 132 valence electrons. The van der Waals surface area contributed by atoms with Crippen LogP contribution in [0.1, 0.15) is 65.7 Å². The molecule has 1 aliphatic rings. The molecule has 0 aromatic heterocycles. The SMILES string of the molecule is CC(C)(C)[Si](C)(C)OC1CC(=O)C=C1CCCCCCC(=O)O. The van der Waals surface area contributed by atoms with E-state index in [2.05, 4.69) is 33.9 Å². The van der Waals surface area contributed by atoms with E-state index in [-0.39, 0.29) is 23.3 Å². The van der Waals surface area contributed by atoms with Gasteiger partial charge in [0, 0.05) is 12.8 Å². The standard InChI is InChI=1S/C18H32O4Si/c1-18(2,3)23(4,5)22-16-13-15(19)12-14(16)10-8-6-7-9-11-17(20)21/h12,16H,6-11,13H2,1-5H3,(H,20,21). The summed E-state index contributed by atoms with van der Waals surface area (Å²) in [4.78, 5) is 22.3. The summed E-state index contributed by atoms with van der Waals surface area (Å²) in [6.45, 7) is 11.1. The number of carboxylic acid groups (broad SMARTS) is 1. The molecular formula is C18H32O4Si. The van der Waals surface area contributed by atoms with Crippen molar-refractivity contribution < 1.29 is 19.1 Å². The Morgan fingerprint density at radius 2 is 1.87 bits per heavy atom. The minimum atomic E-state index is -1.87. The van der Waals surface area contributed by atoms with Gasteiger partial charge in [-0.25, -0.2) is 0 Å². The van der Waals surface area contributed by atoms with Crippen molar-refractivity contribution >= 4 is 20.1 Å². The number of ketones is 1. The fourth-order valence-corrected chi connectivity index (χ4v) is 3.81. The zero-order valence-electron chi connectivity index (χ0n) is 15.3. The van der Waals surface area contributed by atoms with Crippen molar-refractivity contribution in [2.75, 3.05) is 0 Å². The second-order valence-corrected chi connectivity index (χ2v) is 12.8. The molecule has 1 unspecified atom stereocenters. The van der Waals surface area contributed by atoms with Crippen molar-refractivity contribution in [3.63, 3.8) is 0 Å². The van der Waals surface area contributed by atoms with Crippen molar-refractivity contribution in [3.8, 4) is 0 Å². The van der Waals surface area contributed by atoms with Gasteiger partial charge in [0.15, 0.2) is 14.1 Å². The number of hydrogen-bond acceptors (Lipinski definition) is 3. The second-order valence-electron chi connectivity index (χ2n) is 8.06. The Hall–Kier alpha value is -0.943. The van der Waals surface area contributed by atoms with Crippen molar-refractivity contribution in [2.24, 2.45) is 0 Å². The van der Waals surface area contributed by atoms with E-state index in [0.717, 1.165) is 37.7 Å². The minimum Gasteiger partial charge on any atom is -0.481 e. The van der Waals surface area contributed by atoms with Gasteiger partial charge >= 0.3 is 5.97 Å². The molecule has 0 radical (unpaired) electrons. The van der Waals surface area contributed by atoms with E-state index in [1.807, 2.05) is 0 Å². The molecule has 0 saturated heterocycles. The van der Waals surface area contributed by atoms with Gasteiger partial charge in [0.25, 0.3) is 0 Å². The van der Waals surface area contributed by atoms with E-state index in [1.54, 1.807) is 6.08 Å². The lowest BCUT2D eigenvalue weighted by Gasteiger charge is -2.39. The van der Waals surface area contributed by atoms with Gasteiger partial charge in [0.05, 0.1) is 6.10 Å². The molecule has 0 bridgehead atoms. The van der Waals surface area contributed by atoms with Crippen molar-refractivity contribution in [2.45, 2.75) is 90.0 Å². The highest BCUT2D eigenvalue weighted by atomic mass is 28.4. The third-order valence-electron chi connectivity index (χ3n) is 5.00. The van der Waals surface area contributed by atoms with Crippen LogP contribution in [0.15, 0.2) is 11.6 Å². The zero-order valence-corrected chi connectivity index (χ0v) is 16.3. The second kappa shape index (κ2) is 8.24. The van der Waals surface area contributed by atoms with Crippen LogP contribution in [-0.4, -0.2) is 31.3 Å². The maximum absolute atomic E-state index is 11.8. The maximum Gasteiger partial charge on any atom is 0.303 e. The van der Waals surface area contributed by atoms with Crippen molar-refractivity contribution in [1.82, 2.24) is 0 Å². The number of carboxylic acids is 1. The van der Waals surface area contributed by atoms with Gasteiger partial charge < -0.3 is 9.53 Å². The third-order valence-corrected chi connectivity index (χ3v) is 9.48. The summed E-state index contributed by atoms with van der Waals surface area (Å²) in [5.41, 5.74) is 1.14. The fraction of sp³-hybridized carbons (Fsp3) is 0.778. The number of unbranched alkanes of at least 4 members (excludes halogenated alkanes) is 3. The fourth-order valence-electron chi connectivity index (χ4n) is 2.51. The molecule has 1 aliphatic carbocycles. The Morgan fingerprint density at radius 3 is 2.43 bits per heavy atom. The smallest absolute Gasteiger partial charge is 0.303 e. The van der Waals surface area contributed by atoms with Gasteiger partial charge in [-0.2, -0.15) is 0 Å². The van der Waals surface area contributed by atoms with Crippen LogP contribution < -0.4 is 0 Å². The first-order chi connectivity index (χ1) is 10.5. The Labute approximate surface area is 141 Å². The highest BCUT2D eigenvalue weighted by Gasteiger charge is 2.41. The molecule has 0 heterocycles. The number of allylic oxidation sites excluding steroid dienone is 1. The van der Waals surface area contributed by atoms with Crippen LogP contribution in [-0.2, 0) is 14.0 Å². The topological polar surface area (TPSA) is 63.6 Å². The lowest BCUT2D eigenvalue weighted by Crippen LogP contribution is -2.44. The average molecular weight is 341 g/mol. The van der Waals surface area contributed by atoms with E-state index in [0.29, 0.717) is 6.42 Å². The maximum atomic E-state index is 11.8. The van der Waals surface area contributed by atoms with E-state index in [1.165, 1.54) is 0 Å². The lowest BCUT2D eigenvalue weighted by atomic mass is 10.0. The van der Waals surface area contributed by atoms with Gasteiger partial charge in [0.1, 0.15) is 0 Å². The summed E-state index contributed by atoms with van der Waals surface area (Å²) >= 11 is 0. The van der Waals surface area contributed by atoms with Crippen LogP contribution in [0.25, 0.3) is 0 Å². The molecule has 0 aromatic rings. The summed E-state index contributed by atoms with van der Waals surface area (Å²) in [7, 11) is -1.87. The molecule has 0 fully saturated rings. The molecule has 0 spiro atoms. The molecular weight excluding hydrogens is 308 g/mol. The molecule has 0 aliphatic heterocycles. The zero-order chi connectivity index (χ0) is 17.7. The highest BCUT2D eigenvalue weighted by molar-refractivity contribution is 6.74. The Balaban J connectivity index is 2.45. The van der Waals surface area contributed by atoms with Crippen molar-refractivity contribution in [1.29, 1.82) is 0 Å². The van der Waals surface area contributed by atoms with E-state index >= 15 is 0 Å². The summed E-state index contributed by atoms with van der Waals surface area (Å²) in [6, 6.07) is 0. The van der Waals surface area contributed by atoms with E-state index in [9.17, 15) is 9.59 Å². The molecule has 5 heteroatoms. The quantitative estimate of drug-likeness (QED) is 0.488. The van der Waals surface area contributed by atoms with Crippen molar-refractivity contribution in [3.05, 3.63) is 11.6 Å². The number of hydrogen-bond donors (Lipinski definition) is 1. The van der Waals surface area contributed by atoms with Crippen LogP contribution in [0.4, 0.5) is 0 Å². The van der Waals surface area contributed by atoms with Crippen LogP contribution in [0.2, 0.25) is 18.1 Å². The Bertz CT molecular complexity index is 460. The molecule has 1 rings (SSSR count). The molecule has 23 heavy (non-hydrogen) atoms. The largest absolute Gasteiger partial charge is 0.481 e. The van der Waals surface area contributed by atoms with Crippen LogP contribution in [0.3, 0.4) is 0 Å². The molecule has 0 amide bonds. The molecule has 1 N–H and O–H groups in total. The molecule has 0 saturated carbocycles. The van der Waals surface area contributed by atoms with Crippen LogP contribution >= 0.6 is 0 Å². The van der Waals surface area contributed by atoms with Gasteiger partial charge in [0.2, 0.25) is 0 Å². The van der Waals surface area contributed by atoms with Crippen LogP contribution in [0, 0.1) is 0 Å². The first-order valence-corrected chi connectivity index (χ1v) is 11.6. The molecule has 4 nitrogen and oxygen atoms in total. The molecule has 0 aromatic carbocycles. The lowest BCUT2D eigenvalue weighted by molar-refractivity contribution is -0.137. The monoisotopic (exact) mass is 340 g/mol. The summed E-state index contributed by atoms with van der Waals surface area (Å²) in [6.07, 6.45) is 7.02. The van der Waals surface area contributed by atoms with Gasteiger partial charge in [-0.3, -0.25) is 9.59 Å². The summed E-state index contributed by atoms with van der Waals surface area (Å²) in [5.74, 6) is -0.550. The normalized spacial score (nSPS) is 19.1. The highest BCUT2D eigenvalue weighted by Crippen LogP contribution is 2.39. The average Bonchev–Trinajstić information content (AvgIpc) is 2.71. The first kappa shape index (κ1) is 20.1. The van der Waals surface area contributed by atoms with Gasteiger partial charge in [-0.1, -0.05) is 33.6 Å². The Kier molecular flexibility index (Phi) is 7.20. The van der Waals surface area contributed by atoms with E-state index < -0.39 is 14.3 Å². The summed E-state index contributed by atoms with van der Waals surface area (Å²) in [5, 5.41) is 8.76. The van der Waals surface area contributed by atoms with E-state index in [4.69, 9.17) is 9.53 Å². The number of aliphatic carboxylic acids is 1. The van der Waals surface area contributed by atoms with Gasteiger partial charge in [-0.05, 0) is 49.0 Å². The first-order valence-electron chi connectivity index (χ1n) is 8.66. The predicted octanol–water partition coefficient (Wildman–Crippen LogP) is 4.70. The van der Waals surface area contributed by atoms with Gasteiger partial charge in [-0.15, -0.1) is 0 Å². The number of rotatable bonds is 9.